The summed E-state index contributed by atoms with van der Waals surface area (Å²) in [6.45, 7) is 2.48. The predicted molar refractivity (Wildman–Crippen MR) is 48.5 cm³/mol. The van der Waals surface area contributed by atoms with E-state index in [4.69, 9.17) is 10.8 Å². The highest BCUT2D eigenvalue weighted by atomic mass is 16.4. The number of rotatable bonds is 4. The molecular weight excluding hydrogens is 186 g/mol. The first kappa shape index (κ1) is 10.7. The van der Waals surface area contributed by atoms with Crippen LogP contribution < -0.4 is 5.73 Å². The van der Waals surface area contributed by atoms with E-state index >= 15 is 0 Å². The van der Waals surface area contributed by atoms with Crippen molar-refractivity contribution >= 4 is 5.97 Å². The standard InChI is InChI=1S/C8H13N3O3/c1-2-11-4-3-10-7(11)6(12)5(9)8(13)14/h3-6,12H,2,9H2,1H3,(H,13,14). The third-order valence-corrected chi connectivity index (χ3v) is 1.98. The fourth-order valence-corrected chi connectivity index (χ4v) is 1.15. The van der Waals surface area contributed by atoms with Gasteiger partial charge in [-0.05, 0) is 6.92 Å². The summed E-state index contributed by atoms with van der Waals surface area (Å²) in [6.07, 6.45) is 1.88. The van der Waals surface area contributed by atoms with Gasteiger partial charge in [-0.1, -0.05) is 0 Å². The Balaban J connectivity index is 2.88. The van der Waals surface area contributed by atoms with E-state index in [-0.39, 0.29) is 5.82 Å². The van der Waals surface area contributed by atoms with Crippen LogP contribution in [0.4, 0.5) is 0 Å². The maximum Gasteiger partial charge on any atom is 0.323 e. The topological polar surface area (TPSA) is 101 Å². The van der Waals surface area contributed by atoms with Crippen LogP contribution in [-0.4, -0.2) is 31.8 Å². The largest absolute Gasteiger partial charge is 0.480 e. The van der Waals surface area contributed by atoms with Crippen molar-refractivity contribution in [1.29, 1.82) is 0 Å². The number of aliphatic hydroxyl groups is 1. The molecule has 1 rings (SSSR count). The second kappa shape index (κ2) is 4.21. The van der Waals surface area contributed by atoms with Gasteiger partial charge in [-0.2, -0.15) is 0 Å². The van der Waals surface area contributed by atoms with E-state index in [0.717, 1.165) is 0 Å². The molecule has 1 heterocycles. The van der Waals surface area contributed by atoms with Gasteiger partial charge in [-0.25, -0.2) is 4.98 Å². The van der Waals surface area contributed by atoms with Crippen LogP contribution in [0.3, 0.4) is 0 Å². The summed E-state index contributed by atoms with van der Waals surface area (Å²) >= 11 is 0. The summed E-state index contributed by atoms with van der Waals surface area (Å²) in [5, 5.41) is 18.2. The Morgan fingerprint density at radius 1 is 1.79 bits per heavy atom. The summed E-state index contributed by atoms with van der Waals surface area (Å²) in [7, 11) is 0. The number of imidazole rings is 1. The normalized spacial score (nSPS) is 15.1. The summed E-state index contributed by atoms with van der Waals surface area (Å²) in [4.78, 5) is 14.4. The van der Waals surface area contributed by atoms with Gasteiger partial charge in [0.2, 0.25) is 0 Å². The predicted octanol–water partition coefficient (Wildman–Crippen LogP) is -0.652. The van der Waals surface area contributed by atoms with Gasteiger partial charge in [0.15, 0.2) is 0 Å². The number of hydrogen-bond acceptors (Lipinski definition) is 4. The minimum Gasteiger partial charge on any atom is -0.480 e. The molecule has 6 nitrogen and oxygen atoms in total. The molecule has 0 saturated heterocycles. The number of aliphatic carboxylic acids is 1. The molecule has 0 radical (unpaired) electrons. The Morgan fingerprint density at radius 2 is 2.43 bits per heavy atom. The SMILES string of the molecule is CCn1ccnc1C(O)C(N)C(=O)O. The van der Waals surface area contributed by atoms with Crippen LogP contribution in [0.1, 0.15) is 18.9 Å². The lowest BCUT2D eigenvalue weighted by atomic mass is 10.1. The van der Waals surface area contributed by atoms with Gasteiger partial charge >= 0.3 is 5.97 Å². The van der Waals surface area contributed by atoms with Crippen molar-refractivity contribution in [3.8, 4) is 0 Å². The van der Waals surface area contributed by atoms with E-state index in [1.807, 2.05) is 6.92 Å². The Hall–Kier alpha value is -1.40. The average molecular weight is 199 g/mol. The van der Waals surface area contributed by atoms with Crippen LogP contribution >= 0.6 is 0 Å². The van der Waals surface area contributed by atoms with Crippen LogP contribution in [0.5, 0.6) is 0 Å². The molecule has 0 amide bonds. The van der Waals surface area contributed by atoms with Crippen molar-refractivity contribution in [3.05, 3.63) is 18.2 Å². The molecule has 6 heteroatoms. The zero-order chi connectivity index (χ0) is 10.7. The highest BCUT2D eigenvalue weighted by molar-refractivity contribution is 5.74. The number of carboxylic acid groups (broad SMARTS) is 1. The minimum atomic E-state index is -1.34. The molecule has 1 aromatic heterocycles. The molecule has 0 saturated carbocycles. The van der Waals surface area contributed by atoms with E-state index in [1.54, 1.807) is 10.8 Å². The quantitative estimate of drug-likeness (QED) is 0.598. The van der Waals surface area contributed by atoms with Crippen molar-refractivity contribution < 1.29 is 15.0 Å². The van der Waals surface area contributed by atoms with E-state index < -0.39 is 18.1 Å². The number of hydrogen-bond donors (Lipinski definition) is 3. The van der Waals surface area contributed by atoms with E-state index in [9.17, 15) is 9.90 Å². The summed E-state index contributed by atoms with van der Waals surface area (Å²) in [5.41, 5.74) is 5.27. The molecule has 2 unspecified atom stereocenters. The number of nitrogens with zero attached hydrogens (tertiary/aromatic N) is 2. The molecule has 0 bridgehead atoms. The second-order valence-corrected chi connectivity index (χ2v) is 2.88. The van der Waals surface area contributed by atoms with Gasteiger partial charge in [0.1, 0.15) is 18.0 Å². The van der Waals surface area contributed by atoms with Gasteiger partial charge < -0.3 is 20.5 Å². The van der Waals surface area contributed by atoms with E-state index in [2.05, 4.69) is 4.98 Å². The molecule has 0 aliphatic heterocycles. The third kappa shape index (κ3) is 1.91. The fraction of sp³-hybridized carbons (Fsp3) is 0.500. The number of carboxylic acids is 1. The Morgan fingerprint density at radius 3 is 2.93 bits per heavy atom. The molecule has 0 spiro atoms. The van der Waals surface area contributed by atoms with Crippen molar-refractivity contribution in [2.75, 3.05) is 0 Å². The van der Waals surface area contributed by atoms with Crippen molar-refractivity contribution in [2.24, 2.45) is 5.73 Å². The van der Waals surface area contributed by atoms with Gasteiger partial charge in [-0.3, -0.25) is 4.79 Å². The number of nitrogens with two attached hydrogens (primary N) is 1. The lowest BCUT2D eigenvalue weighted by molar-refractivity contribution is -0.141. The highest BCUT2D eigenvalue weighted by Gasteiger charge is 2.26. The highest BCUT2D eigenvalue weighted by Crippen LogP contribution is 2.13. The van der Waals surface area contributed by atoms with E-state index in [0.29, 0.717) is 6.54 Å². The molecule has 0 aliphatic rings. The first-order chi connectivity index (χ1) is 6.57. The van der Waals surface area contributed by atoms with Gasteiger partial charge in [-0.15, -0.1) is 0 Å². The number of aryl methyl sites for hydroxylation is 1. The van der Waals surface area contributed by atoms with Crippen LogP contribution in [0.25, 0.3) is 0 Å². The molecular formula is C8H13N3O3. The lowest BCUT2D eigenvalue weighted by Gasteiger charge is -2.15. The Labute approximate surface area is 81.0 Å². The first-order valence-corrected chi connectivity index (χ1v) is 4.25. The molecule has 78 valence electrons. The molecule has 0 fully saturated rings. The third-order valence-electron chi connectivity index (χ3n) is 1.98. The van der Waals surface area contributed by atoms with Gasteiger partial charge in [0.05, 0.1) is 0 Å². The number of aromatic nitrogens is 2. The van der Waals surface area contributed by atoms with Crippen LogP contribution in [0.15, 0.2) is 12.4 Å². The van der Waals surface area contributed by atoms with Gasteiger partial charge in [0, 0.05) is 18.9 Å². The van der Waals surface area contributed by atoms with Crippen LogP contribution in [0, 0.1) is 0 Å². The zero-order valence-electron chi connectivity index (χ0n) is 7.79. The first-order valence-electron chi connectivity index (χ1n) is 4.25. The van der Waals surface area contributed by atoms with E-state index in [1.165, 1.54) is 6.20 Å². The van der Waals surface area contributed by atoms with Crippen molar-refractivity contribution in [3.63, 3.8) is 0 Å². The molecule has 14 heavy (non-hydrogen) atoms. The summed E-state index contributed by atoms with van der Waals surface area (Å²) in [5.74, 6) is -0.967. The fourth-order valence-electron chi connectivity index (χ4n) is 1.15. The number of aliphatic hydroxyl groups excluding tert-OH is 1. The second-order valence-electron chi connectivity index (χ2n) is 2.88. The monoisotopic (exact) mass is 199 g/mol. The molecule has 0 aliphatic carbocycles. The average Bonchev–Trinajstić information content (AvgIpc) is 2.62. The summed E-state index contributed by atoms with van der Waals surface area (Å²) < 4.78 is 1.65. The zero-order valence-corrected chi connectivity index (χ0v) is 7.79. The van der Waals surface area contributed by atoms with Crippen LogP contribution in [0.2, 0.25) is 0 Å². The molecule has 0 aromatic carbocycles. The van der Waals surface area contributed by atoms with Gasteiger partial charge in [0.25, 0.3) is 0 Å². The van der Waals surface area contributed by atoms with Crippen molar-refractivity contribution in [2.45, 2.75) is 25.6 Å². The molecule has 2 atom stereocenters. The summed E-state index contributed by atoms with van der Waals surface area (Å²) in [6, 6.07) is -1.34. The maximum atomic E-state index is 10.5. The Kier molecular flexibility index (Phi) is 3.21. The number of carbonyl (C=O) groups is 1. The lowest BCUT2D eigenvalue weighted by Crippen LogP contribution is -2.37. The Bertz CT molecular complexity index is 323. The molecule has 4 N–H and O–H groups in total. The van der Waals surface area contributed by atoms with Crippen molar-refractivity contribution in [1.82, 2.24) is 9.55 Å². The molecule has 1 aromatic rings. The minimum absolute atomic E-state index is 0.280. The van der Waals surface area contributed by atoms with Crippen LogP contribution in [-0.2, 0) is 11.3 Å². The smallest absolute Gasteiger partial charge is 0.323 e. The maximum absolute atomic E-state index is 10.5.